The highest BCUT2D eigenvalue weighted by Gasteiger charge is 1.99. The summed E-state index contributed by atoms with van der Waals surface area (Å²) in [6, 6.07) is 0. The standard InChI is InChI=1S/C10H16/c1-9-5-3-7-10(2)8-4-6-9/h3,5,7,9H,4,6,8H2,1-2H3/b5-3-,10-7-. The van der Waals surface area contributed by atoms with Crippen LogP contribution in [0.5, 0.6) is 0 Å². The first-order valence-corrected chi connectivity index (χ1v) is 4.13. The van der Waals surface area contributed by atoms with Gasteiger partial charge in [0.15, 0.2) is 0 Å². The molecule has 10 heavy (non-hydrogen) atoms. The molecule has 0 heteroatoms. The van der Waals surface area contributed by atoms with E-state index in [9.17, 15) is 0 Å². The molecule has 0 saturated heterocycles. The zero-order valence-corrected chi connectivity index (χ0v) is 6.93. The molecule has 0 bridgehead atoms. The van der Waals surface area contributed by atoms with E-state index in [-0.39, 0.29) is 0 Å². The lowest BCUT2D eigenvalue weighted by molar-refractivity contribution is 0.601. The zero-order chi connectivity index (χ0) is 7.40. The van der Waals surface area contributed by atoms with E-state index < -0.39 is 0 Å². The van der Waals surface area contributed by atoms with Crippen LogP contribution in [0.15, 0.2) is 23.8 Å². The predicted molar refractivity (Wildman–Crippen MR) is 45.9 cm³/mol. The van der Waals surface area contributed by atoms with Crippen LogP contribution in [-0.4, -0.2) is 0 Å². The first-order valence-electron chi connectivity index (χ1n) is 4.13. The summed E-state index contributed by atoms with van der Waals surface area (Å²) in [5.74, 6) is 0.782. The molecule has 0 aromatic heterocycles. The van der Waals surface area contributed by atoms with Crippen molar-refractivity contribution in [1.82, 2.24) is 0 Å². The second kappa shape index (κ2) is 3.60. The summed E-state index contributed by atoms with van der Waals surface area (Å²) in [6.07, 6.45) is 10.7. The van der Waals surface area contributed by atoms with E-state index in [1.54, 1.807) is 0 Å². The fraction of sp³-hybridized carbons (Fsp3) is 0.600. The monoisotopic (exact) mass is 136 g/mol. The maximum absolute atomic E-state index is 2.29. The van der Waals surface area contributed by atoms with Crippen molar-refractivity contribution in [3.63, 3.8) is 0 Å². The smallest absolute Gasteiger partial charge is 0.0259 e. The lowest BCUT2D eigenvalue weighted by Crippen LogP contribution is -1.92. The number of hydrogen-bond acceptors (Lipinski definition) is 0. The molecule has 1 aliphatic rings. The van der Waals surface area contributed by atoms with Gasteiger partial charge in [0.2, 0.25) is 0 Å². The molecule has 0 nitrogen and oxygen atoms in total. The second-order valence-corrected chi connectivity index (χ2v) is 3.27. The molecular weight excluding hydrogens is 120 g/mol. The van der Waals surface area contributed by atoms with Gasteiger partial charge in [0, 0.05) is 0 Å². The molecule has 0 fully saturated rings. The van der Waals surface area contributed by atoms with Gasteiger partial charge in [0.05, 0.1) is 0 Å². The van der Waals surface area contributed by atoms with E-state index in [2.05, 4.69) is 32.1 Å². The molecular formula is C10H16. The molecule has 56 valence electrons. The van der Waals surface area contributed by atoms with Crippen molar-refractivity contribution in [2.75, 3.05) is 0 Å². The Labute approximate surface area is 63.6 Å². The molecule has 1 unspecified atom stereocenters. The Morgan fingerprint density at radius 1 is 1.50 bits per heavy atom. The van der Waals surface area contributed by atoms with Crippen molar-refractivity contribution in [2.24, 2.45) is 5.92 Å². The molecule has 1 aliphatic carbocycles. The summed E-state index contributed by atoms with van der Waals surface area (Å²) in [5, 5.41) is 0. The van der Waals surface area contributed by atoms with Gasteiger partial charge in [0.25, 0.3) is 0 Å². The van der Waals surface area contributed by atoms with Gasteiger partial charge >= 0.3 is 0 Å². The van der Waals surface area contributed by atoms with Crippen LogP contribution in [0.1, 0.15) is 33.1 Å². The van der Waals surface area contributed by atoms with Gasteiger partial charge in [-0.05, 0) is 32.1 Å². The minimum Gasteiger partial charge on any atom is -0.0817 e. The van der Waals surface area contributed by atoms with Crippen LogP contribution in [0.4, 0.5) is 0 Å². The second-order valence-electron chi connectivity index (χ2n) is 3.27. The van der Waals surface area contributed by atoms with E-state index in [1.807, 2.05) is 0 Å². The predicted octanol–water partition coefficient (Wildman–Crippen LogP) is 3.31. The quantitative estimate of drug-likeness (QED) is 0.479. The molecule has 0 aliphatic heterocycles. The Morgan fingerprint density at radius 3 is 3.10 bits per heavy atom. The van der Waals surface area contributed by atoms with E-state index in [4.69, 9.17) is 0 Å². The van der Waals surface area contributed by atoms with Crippen LogP contribution in [0.2, 0.25) is 0 Å². The molecule has 0 aromatic rings. The summed E-state index contributed by atoms with van der Waals surface area (Å²) in [6.45, 7) is 4.49. The van der Waals surface area contributed by atoms with Gasteiger partial charge in [-0.1, -0.05) is 30.7 Å². The molecule has 0 saturated carbocycles. The Kier molecular flexibility index (Phi) is 2.73. The van der Waals surface area contributed by atoms with Crippen LogP contribution in [-0.2, 0) is 0 Å². The third-order valence-corrected chi connectivity index (χ3v) is 2.05. The van der Waals surface area contributed by atoms with Gasteiger partial charge in [-0.15, -0.1) is 0 Å². The van der Waals surface area contributed by atoms with Crippen molar-refractivity contribution in [3.05, 3.63) is 23.8 Å². The highest BCUT2D eigenvalue weighted by atomic mass is 14.0. The third-order valence-electron chi connectivity index (χ3n) is 2.05. The van der Waals surface area contributed by atoms with E-state index in [0.29, 0.717) is 0 Å². The fourth-order valence-corrected chi connectivity index (χ4v) is 1.29. The average Bonchev–Trinajstić information content (AvgIpc) is 1.84. The minimum atomic E-state index is 0.782. The molecule has 0 radical (unpaired) electrons. The Balaban J connectivity index is 2.55. The van der Waals surface area contributed by atoms with Gasteiger partial charge < -0.3 is 0 Å². The van der Waals surface area contributed by atoms with Crippen LogP contribution >= 0.6 is 0 Å². The number of allylic oxidation sites excluding steroid dienone is 4. The Hall–Kier alpha value is -0.520. The molecule has 0 heterocycles. The normalized spacial score (nSPS) is 35.4. The van der Waals surface area contributed by atoms with Gasteiger partial charge in [0.1, 0.15) is 0 Å². The summed E-state index contributed by atoms with van der Waals surface area (Å²) in [4.78, 5) is 0. The first kappa shape index (κ1) is 7.59. The Bertz CT molecular complexity index is 151. The molecule has 0 spiro atoms. The van der Waals surface area contributed by atoms with Crippen LogP contribution in [0.3, 0.4) is 0 Å². The summed E-state index contributed by atoms with van der Waals surface area (Å²) >= 11 is 0. The lowest BCUT2D eigenvalue weighted by atomic mass is 9.98. The molecule has 1 atom stereocenters. The molecule has 1 rings (SSSR count). The number of rotatable bonds is 0. The third kappa shape index (κ3) is 2.38. The van der Waals surface area contributed by atoms with Crippen molar-refractivity contribution in [1.29, 1.82) is 0 Å². The van der Waals surface area contributed by atoms with Crippen LogP contribution < -0.4 is 0 Å². The number of hydrogen-bond donors (Lipinski definition) is 0. The first-order chi connectivity index (χ1) is 4.79. The maximum Gasteiger partial charge on any atom is -0.0259 e. The van der Waals surface area contributed by atoms with Gasteiger partial charge in [-0.2, -0.15) is 0 Å². The van der Waals surface area contributed by atoms with E-state index in [0.717, 1.165) is 5.92 Å². The minimum absolute atomic E-state index is 0.782. The fourth-order valence-electron chi connectivity index (χ4n) is 1.29. The van der Waals surface area contributed by atoms with Crippen molar-refractivity contribution in [2.45, 2.75) is 33.1 Å². The maximum atomic E-state index is 2.29. The summed E-state index contributed by atoms with van der Waals surface area (Å²) < 4.78 is 0. The summed E-state index contributed by atoms with van der Waals surface area (Å²) in [7, 11) is 0. The van der Waals surface area contributed by atoms with Crippen molar-refractivity contribution < 1.29 is 0 Å². The SMILES string of the molecule is C/C1=C/C=C\C(C)CCC1. The lowest BCUT2D eigenvalue weighted by Gasteiger charge is -2.08. The van der Waals surface area contributed by atoms with Crippen LogP contribution in [0, 0.1) is 5.92 Å². The van der Waals surface area contributed by atoms with Crippen LogP contribution in [0.25, 0.3) is 0 Å². The Morgan fingerprint density at radius 2 is 2.30 bits per heavy atom. The highest BCUT2D eigenvalue weighted by Crippen LogP contribution is 2.16. The molecule has 0 N–H and O–H groups in total. The van der Waals surface area contributed by atoms with Gasteiger partial charge in [-0.25, -0.2) is 0 Å². The average molecular weight is 136 g/mol. The van der Waals surface area contributed by atoms with Crippen molar-refractivity contribution in [3.8, 4) is 0 Å². The van der Waals surface area contributed by atoms with E-state index in [1.165, 1.54) is 24.8 Å². The van der Waals surface area contributed by atoms with Crippen molar-refractivity contribution >= 4 is 0 Å². The summed E-state index contributed by atoms with van der Waals surface area (Å²) in [5.41, 5.74) is 1.52. The highest BCUT2D eigenvalue weighted by molar-refractivity contribution is 5.12. The molecule has 0 amide bonds. The topological polar surface area (TPSA) is 0 Å². The van der Waals surface area contributed by atoms with E-state index >= 15 is 0 Å². The zero-order valence-electron chi connectivity index (χ0n) is 6.93. The molecule has 0 aromatic carbocycles. The van der Waals surface area contributed by atoms with Gasteiger partial charge in [-0.3, -0.25) is 0 Å². The largest absolute Gasteiger partial charge is 0.0817 e.